The maximum Gasteiger partial charge on any atom is 0.332 e. The van der Waals surface area contributed by atoms with Crippen LogP contribution in [0, 0.1) is 5.92 Å². The number of carbonyl (C=O) groups is 2. The van der Waals surface area contributed by atoms with Crippen LogP contribution in [0.25, 0.3) is 10.8 Å². The van der Waals surface area contributed by atoms with Gasteiger partial charge in [0, 0.05) is 18.5 Å². The third-order valence-electron chi connectivity index (χ3n) is 4.85. The third kappa shape index (κ3) is 5.11. The van der Waals surface area contributed by atoms with Gasteiger partial charge in [0.05, 0.1) is 5.75 Å². The number of nitrogen functional groups attached to an aromatic ring is 1. The Morgan fingerprint density at radius 3 is 2.47 bits per heavy atom. The summed E-state index contributed by atoms with van der Waals surface area (Å²) in [6.07, 6.45) is 0. The molecule has 0 unspecified atom stereocenters. The highest BCUT2D eigenvalue weighted by atomic mass is 32.2. The van der Waals surface area contributed by atoms with Crippen LogP contribution in [0.1, 0.15) is 24.2 Å². The van der Waals surface area contributed by atoms with Crippen LogP contribution in [0.5, 0.6) is 0 Å². The SMILES string of the molecule is CC(C)Cn1c(N)c(C(=O)COC(=O)CSc2ccc3ccccc3c2)c(=O)n(C)c1=O. The number of ether oxygens (including phenoxy) is 1. The zero-order chi connectivity index (χ0) is 23.4. The molecular formula is C23H25N3O5S. The van der Waals surface area contributed by atoms with Crippen LogP contribution in [-0.4, -0.2) is 33.2 Å². The molecule has 3 aromatic rings. The molecule has 0 aliphatic carbocycles. The van der Waals surface area contributed by atoms with E-state index in [1.165, 1.54) is 23.4 Å². The summed E-state index contributed by atoms with van der Waals surface area (Å²) in [4.78, 5) is 50.5. The van der Waals surface area contributed by atoms with Gasteiger partial charge in [-0.3, -0.25) is 23.5 Å². The van der Waals surface area contributed by atoms with Gasteiger partial charge in [0.2, 0.25) is 5.78 Å². The number of esters is 1. The minimum atomic E-state index is -0.806. The summed E-state index contributed by atoms with van der Waals surface area (Å²) in [5.41, 5.74) is 4.23. The summed E-state index contributed by atoms with van der Waals surface area (Å²) in [7, 11) is 1.28. The number of fused-ring (bicyclic) bond motifs is 1. The molecular weight excluding hydrogens is 430 g/mol. The van der Waals surface area contributed by atoms with Gasteiger partial charge in [0.15, 0.2) is 6.61 Å². The van der Waals surface area contributed by atoms with E-state index in [-0.39, 0.29) is 29.6 Å². The summed E-state index contributed by atoms with van der Waals surface area (Å²) in [6.45, 7) is 3.39. The molecule has 2 aromatic carbocycles. The number of anilines is 1. The predicted molar refractivity (Wildman–Crippen MR) is 125 cm³/mol. The number of benzene rings is 2. The van der Waals surface area contributed by atoms with Gasteiger partial charge in [-0.25, -0.2) is 4.79 Å². The van der Waals surface area contributed by atoms with Crippen molar-refractivity contribution in [1.82, 2.24) is 9.13 Å². The second-order valence-electron chi connectivity index (χ2n) is 7.79. The van der Waals surface area contributed by atoms with Gasteiger partial charge in [-0.1, -0.05) is 44.2 Å². The largest absolute Gasteiger partial charge is 0.457 e. The summed E-state index contributed by atoms with van der Waals surface area (Å²) in [5, 5.41) is 2.16. The molecule has 1 aromatic heterocycles. The Bertz CT molecular complexity index is 1290. The Labute approximate surface area is 189 Å². The van der Waals surface area contributed by atoms with Crippen LogP contribution in [0.2, 0.25) is 0 Å². The fourth-order valence-electron chi connectivity index (χ4n) is 3.25. The molecule has 0 saturated carbocycles. The van der Waals surface area contributed by atoms with E-state index in [4.69, 9.17) is 10.5 Å². The first-order chi connectivity index (χ1) is 15.2. The maximum atomic E-state index is 12.6. The lowest BCUT2D eigenvalue weighted by Crippen LogP contribution is -2.43. The smallest absolute Gasteiger partial charge is 0.332 e. The first kappa shape index (κ1) is 23.3. The normalized spacial score (nSPS) is 11.1. The molecule has 8 nitrogen and oxygen atoms in total. The number of Topliss-reactive ketones (excluding diaryl/α,β-unsaturated/α-hetero) is 1. The molecule has 2 N–H and O–H groups in total. The van der Waals surface area contributed by atoms with Gasteiger partial charge in [-0.05, 0) is 28.8 Å². The van der Waals surface area contributed by atoms with Gasteiger partial charge < -0.3 is 10.5 Å². The number of hydrogen-bond acceptors (Lipinski definition) is 7. The van der Waals surface area contributed by atoms with E-state index in [0.717, 1.165) is 20.2 Å². The molecule has 0 fully saturated rings. The molecule has 0 aliphatic rings. The van der Waals surface area contributed by atoms with Crippen molar-refractivity contribution in [1.29, 1.82) is 0 Å². The number of aromatic nitrogens is 2. The first-order valence-corrected chi connectivity index (χ1v) is 11.1. The van der Waals surface area contributed by atoms with Gasteiger partial charge in [-0.15, -0.1) is 11.8 Å². The lowest BCUT2D eigenvalue weighted by Gasteiger charge is -2.16. The van der Waals surface area contributed by atoms with Crippen molar-refractivity contribution in [2.24, 2.45) is 13.0 Å². The topological polar surface area (TPSA) is 113 Å². The number of thioether (sulfide) groups is 1. The van der Waals surface area contributed by atoms with Crippen LogP contribution in [0.15, 0.2) is 56.9 Å². The van der Waals surface area contributed by atoms with Crippen molar-refractivity contribution in [3.63, 3.8) is 0 Å². The lowest BCUT2D eigenvalue weighted by atomic mass is 10.1. The minimum Gasteiger partial charge on any atom is -0.457 e. The number of hydrogen-bond donors (Lipinski definition) is 1. The minimum absolute atomic E-state index is 0.00591. The monoisotopic (exact) mass is 455 g/mol. The van der Waals surface area contributed by atoms with Crippen LogP contribution in [0.3, 0.4) is 0 Å². The maximum absolute atomic E-state index is 12.6. The molecule has 0 atom stereocenters. The average molecular weight is 456 g/mol. The van der Waals surface area contributed by atoms with Crippen LogP contribution < -0.4 is 17.0 Å². The molecule has 1 heterocycles. The lowest BCUT2D eigenvalue weighted by molar-refractivity contribution is -0.139. The second-order valence-corrected chi connectivity index (χ2v) is 8.84. The zero-order valence-electron chi connectivity index (χ0n) is 18.2. The molecule has 0 amide bonds. The van der Waals surface area contributed by atoms with Crippen molar-refractivity contribution in [3.8, 4) is 0 Å². The van der Waals surface area contributed by atoms with Crippen molar-refractivity contribution >= 4 is 40.1 Å². The number of nitrogens with zero attached hydrogens (tertiary/aromatic N) is 2. The standard InChI is InChI=1S/C23H25N3O5S/c1-14(2)11-26-21(24)20(22(29)25(3)23(26)30)18(27)12-31-19(28)13-32-17-9-8-15-6-4-5-7-16(15)10-17/h4-10,14H,11-13,24H2,1-3H3. The Morgan fingerprint density at radius 2 is 1.78 bits per heavy atom. The van der Waals surface area contributed by atoms with E-state index in [1.807, 2.05) is 56.3 Å². The molecule has 168 valence electrons. The number of rotatable bonds is 8. The van der Waals surface area contributed by atoms with Crippen LogP contribution in [-0.2, 0) is 23.1 Å². The molecule has 3 rings (SSSR count). The molecule has 0 aliphatic heterocycles. The highest BCUT2D eigenvalue weighted by Crippen LogP contribution is 2.23. The van der Waals surface area contributed by atoms with E-state index in [1.54, 1.807) is 0 Å². The van der Waals surface area contributed by atoms with Crippen molar-refractivity contribution < 1.29 is 14.3 Å². The zero-order valence-corrected chi connectivity index (χ0v) is 19.0. The summed E-state index contributed by atoms with van der Waals surface area (Å²) < 4.78 is 7.10. The molecule has 32 heavy (non-hydrogen) atoms. The summed E-state index contributed by atoms with van der Waals surface area (Å²) in [6, 6.07) is 13.7. The molecule has 0 bridgehead atoms. The van der Waals surface area contributed by atoms with E-state index in [0.29, 0.717) is 0 Å². The average Bonchev–Trinajstić information content (AvgIpc) is 2.77. The Kier molecular flexibility index (Phi) is 7.19. The van der Waals surface area contributed by atoms with E-state index >= 15 is 0 Å². The Balaban J connectivity index is 1.67. The highest BCUT2D eigenvalue weighted by molar-refractivity contribution is 8.00. The molecule has 0 saturated heterocycles. The van der Waals surface area contributed by atoms with Gasteiger partial charge in [0.1, 0.15) is 11.4 Å². The van der Waals surface area contributed by atoms with Crippen LogP contribution in [0.4, 0.5) is 5.82 Å². The second kappa shape index (κ2) is 9.86. The Morgan fingerprint density at radius 1 is 1.09 bits per heavy atom. The van der Waals surface area contributed by atoms with Gasteiger partial charge in [-0.2, -0.15) is 0 Å². The van der Waals surface area contributed by atoms with E-state index in [2.05, 4.69) is 0 Å². The number of carbonyl (C=O) groups excluding carboxylic acids is 2. The fourth-order valence-corrected chi connectivity index (χ4v) is 3.99. The van der Waals surface area contributed by atoms with Gasteiger partial charge >= 0.3 is 11.7 Å². The number of ketones is 1. The molecule has 0 spiro atoms. The molecule has 9 heteroatoms. The van der Waals surface area contributed by atoms with Crippen molar-refractivity contribution in [2.45, 2.75) is 25.3 Å². The first-order valence-electron chi connectivity index (χ1n) is 10.1. The fraction of sp³-hybridized carbons (Fsp3) is 0.304. The van der Waals surface area contributed by atoms with Crippen LogP contribution >= 0.6 is 11.8 Å². The predicted octanol–water partition coefficient (Wildman–Crippen LogP) is 2.46. The summed E-state index contributed by atoms with van der Waals surface area (Å²) in [5.74, 6) is -1.47. The van der Waals surface area contributed by atoms with E-state index < -0.39 is 29.6 Å². The van der Waals surface area contributed by atoms with Crippen molar-refractivity contribution in [2.75, 3.05) is 18.1 Å². The summed E-state index contributed by atoms with van der Waals surface area (Å²) >= 11 is 1.29. The Hall–Kier alpha value is -3.33. The molecule has 0 radical (unpaired) electrons. The van der Waals surface area contributed by atoms with Crippen molar-refractivity contribution in [3.05, 3.63) is 68.9 Å². The third-order valence-corrected chi connectivity index (χ3v) is 5.82. The van der Waals surface area contributed by atoms with Gasteiger partial charge in [0.25, 0.3) is 5.56 Å². The van der Waals surface area contributed by atoms with E-state index in [9.17, 15) is 19.2 Å². The number of nitrogens with two attached hydrogens (primary N) is 1. The quantitative estimate of drug-likeness (QED) is 0.315. The highest BCUT2D eigenvalue weighted by Gasteiger charge is 2.23.